The molecule has 0 amide bonds. The Bertz CT molecular complexity index is 287. The van der Waals surface area contributed by atoms with Crippen molar-refractivity contribution in [2.45, 2.75) is 51.6 Å². The average molecular weight is 206 g/mol. The van der Waals surface area contributed by atoms with Crippen molar-refractivity contribution >= 4 is 0 Å². The molecule has 1 heteroatoms. The Balaban J connectivity index is 1.73. The smallest absolute Gasteiger partial charge is 0.0602 e. The number of hydrogen-bond donors (Lipinski definition) is 0. The zero-order valence-electron chi connectivity index (χ0n) is 9.74. The van der Waals surface area contributed by atoms with Gasteiger partial charge in [-0.15, -0.1) is 0 Å². The van der Waals surface area contributed by atoms with Gasteiger partial charge in [-0.1, -0.05) is 6.42 Å². The van der Waals surface area contributed by atoms with Gasteiger partial charge in [-0.2, -0.15) is 0 Å². The molecule has 1 nitrogen and oxygen atoms in total. The van der Waals surface area contributed by atoms with E-state index in [9.17, 15) is 0 Å². The normalized spacial score (nSPS) is 61.8. The minimum absolute atomic E-state index is 0.574. The molecule has 0 radical (unpaired) electrons. The molecule has 4 rings (SSSR count). The Kier molecular flexibility index (Phi) is 1.68. The quantitative estimate of drug-likeness (QED) is 0.640. The largest absolute Gasteiger partial charge is 0.378 e. The summed E-state index contributed by atoms with van der Waals surface area (Å²) in [6.07, 6.45) is 9.85. The molecule has 6 atom stereocenters. The van der Waals surface area contributed by atoms with Crippen molar-refractivity contribution in [2.24, 2.45) is 29.1 Å². The van der Waals surface area contributed by atoms with E-state index in [2.05, 4.69) is 6.92 Å². The van der Waals surface area contributed by atoms with Gasteiger partial charge in [-0.3, -0.25) is 0 Å². The van der Waals surface area contributed by atoms with Crippen LogP contribution in [0, 0.1) is 29.1 Å². The Morgan fingerprint density at radius 1 is 1.13 bits per heavy atom. The van der Waals surface area contributed by atoms with Crippen molar-refractivity contribution in [1.29, 1.82) is 0 Å². The number of rotatable bonds is 1. The highest BCUT2D eigenvalue weighted by atomic mass is 16.5. The van der Waals surface area contributed by atoms with Crippen LogP contribution >= 0.6 is 0 Å². The van der Waals surface area contributed by atoms with Gasteiger partial charge in [0.2, 0.25) is 0 Å². The lowest BCUT2D eigenvalue weighted by atomic mass is 9.58. The third-order valence-corrected chi connectivity index (χ3v) is 6.41. The Morgan fingerprint density at radius 3 is 2.80 bits per heavy atom. The monoisotopic (exact) mass is 206 g/mol. The first-order chi connectivity index (χ1) is 7.32. The molecule has 0 spiro atoms. The van der Waals surface area contributed by atoms with E-state index >= 15 is 0 Å². The standard InChI is InChI=1S/C14H22O/c1-9-13(8-15-9)14-6-2-3-12(14)10-4-5-11(14)7-10/h9-13H,2-8H2,1H3. The van der Waals surface area contributed by atoms with E-state index in [4.69, 9.17) is 4.74 Å². The van der Waals surface area contributed by atoms with Crippen LogP contribution < -0.4 is 0 Å². The second-order valence-electron chi connectivity index (χ2n) is 6.53. The maximum Gasteiger partial charge on any atom is 0.0602 e. The molecule has 84 valence electrons. The molecule has 3 saturated carbocycles. The second kappa shape index (κ2) is 2.80. The molecule has 0 N–H and O–H groups in total. The average Bonchev–Trinajstić information content (AvgIpc) is 2.84. The van der Waals surface area contributed by atoms with Crippen molar-refractivity contribution in [3.05, 3.63) is 0 Å². The van der Waals surface area contributed by atoms with E-state index in [0.717, 1.165) is 35.7 Å². The summed E-state index contributed by atoms with van der Waals surface area (Å²) in [5.74, 6) is 4.24. The summed E-state index contributed by atoms with van der Waals surface area (Å²) in [6.45, 7) is 3.39. The Hall–Kier alpha value is -0.0400. The zero-order chi connectivity index (χ0) is 10.0. The van der Waals surface area contributed by atoms with Crippen LogP contribution in [0.1, 0.15) is 45.4 Å². The molecule has 1 aliphatic heterocycles. The fourth-order valence-electron chi connectivity index (χ4n) is 5.87. The summed E-state index contributed by atoms with van der Waals surface area (Å²) in [5.41, 5.74) is 0.764. The molecular formula is C14H22O. The lowest BCUT2D eigenvalue weighted by Gasteiger charge is -2.52. The van der Waals surface area contributed by atoms with E-state index in [0.29, 0.717) is 6.10 Å². The Labute approximate surface area is 92.6 Å². The summed E-state index contributed by atoms with van der Waals surface area (Å²) < 4.78 is 5.67. The van der Waals surface area contributed by atoms with Gasteiger partial charge in [-0.05, 0) is 62.2 Å². The summed E-state index contributed by atoms with van der Waals surface area (Å²) in [7, 11) is 0. The van der Waals surface area contributed by atoms with Crippen molar-refractivity contribution < 1.29 is 4.74 Å². The molecule has 6 unspecified atom stereocenters. The molecule has 3 aliphatic carbocycles. The maximum absolute atomic E-state index is 5.67. The molecule has 0 aromatic heterocycles. The van der Waals surface area contributed by atoms with Gasteiger partial charge in [0.25, 0.3) is 0 Å². The van der Waals surface area contributed by atoms with Gasteiger partial charge in [-0.25, -0.2) is 0 Å². The summed E-state index contributed by atoms with van der Waals surface area (Å²) >= 11 is 0. The molecule has 0 aromatic carbocycles. The first-order valence-electron chi connectivity index (χ1n) is 6.94. The summed E-state index contributed by atoms with van der Waals surface area (Å²) in [6, 6.07) is 0. The molecule has 1 saturated heterocycles. The van der Waals surface area contributed by atoms with Crippen LogP contribution in [-0.2, 0) is 4.74 Å². The molecule has 2 bridgehead atoms. The van der Waals surface area contributed by atoms with Gasteiger partial charge in [0.15, 0.2) is 0 Å². The van der Waals surface area contributed by atoms with E-state index in [1.165, 1.54) is 12.8 Å². The van der Waals surface area contributed by atoms with Crippen molar-refractivity contribution in [3.8, 4) is 0 Å². The molecule has 0 aromatic rings. The third kappa shape index (κ3) is 0.906. The van der Waals surface area contributed by atoms with Gasteiger partial charge in [0.05, 0.1) is 12.7 Å². The highest BCUT2D eigenvalue weighted by Gasteiger charge is 2.64. The minimum Gasteiger partial charge on any atom is -0.378 e. The van der Waals surface area contributed by atoms with Crippen LogP contribution in [0.5, 0.6) is 0 Å². The zero-order valence-corrected chi connectivity index (χ0v) is 9.74. The van der Waals surface area contributed by atoms with Crippen LogP contribution in [0.4, 0.5) is 0 Å². The number of fused-ring (bicyclic) bond motifs is 5. The van der Waals surface area contributed by atoms with E-state index in [1.54, 1.807) is 25.7 Å². The molecule has 4 fully saturated rings. The lowest BCUT2D eigenvalue weighted by Crippen LogP contribution is -2.53. The van der Waals surface area contributed by atoms with Gasteiger partial charge >= 0.3 is 0 Å². The van der Waals surface area contributed by atoms with Gasteiger partial charge in [0, 0.05) is 5.92 Å². The highest BCUT2D eigenvalue weighted by molar-refractivity contribution is 5.13. The lowest BCUT2D eigenvalue weighted by molar-refractivity contribution is -0.181. The molecule has 1 heterocycles. The predicted octanol–water partition coefficient (Wildman–Crippen LogP) is 3.24. The van der Waals surface area contributed by atoms with Crippen molar-refractivity contribution in [3.63, 3.8) is 0 Å². The van der Waals surface area contributed by atoms with Crippen molar-refractivity contribution in [2.75, 3.05) is 6.61 Å². The summed E-state index contributed by atoms with van der Waals surface area (Å²) in [5, 5.41) is 0. The third-order valence-electron chi connectivity index (χ3n) is 6.41. The highest BCUT2D eigenvalue weighted by Crippen LogP contribution is 2.70. The number of hydrogen-bond acceptors (Lipinski definition) is 1. The van der Waals surface area contributed by atoms with Crippen LogP contribution in [0.25, 0.3) is 0 Å². The first-order valence-corrected chi connectivity index (χ1v) is 6.94. The van der Waals surface area contributed by atoms with Crippen molar-refractivity contribution in [1.82, 2.24) is 0 Å². The number of ether oxygens (including phenoxy) is 1. The van der Waals surface area contributed by atoms with Gasteiger partial charge < -0.3 is 4.74 Å². The minimum atomic E-state index is 0.574. The molecule has 4 aliphatic rings. The first kappa shape index (κ1) is 9.04. The van der Waals surface area contributed by atoms with Gasteiger partial charge in [0.1, 0.15) is 0 Å². The summed E-state index contributed by atoms with van der Waals surface area (Å²) in [4.78, 5) is 0. The van der Waals surface area contributed by atoms with Crippen LogP contribution in [-0.4, -0.2) is 12.7 Å². The topological polar surface area (TPSA) is 9.23 Å². The van der Waals surface area contributed by atoms with Crippen LogP contribution in [0.2, 0.25) is 0 Å². The van der Waals surface area contributed by atoms with Crippen LogP contribution in [0.3, 0.4) is 0 Å². The Morgan fingerprint density at radius 2 is 2.07 bits per heavy atom. The fraction of sp³-hybridized carbons (Fsp3) is 1.00. The second-order valence-corrected chi connectivity index (χ2v) is 6.53. The van der Waals surface area contributed by atoms with E-state index in [-0.39, 0.29) is 0 Å². The van der Waals surface area contributed by atoms with E-state index in [1.807, 2.05) is 0 Å². The molecular weight excluding hydrogens is 184 g/mol. The maximum atomic E-state index is 5.67. The SMILES string of the molecule is CC1OCC1C12CCCC1C1CCC2C1. The van der Waals surface area contributed by atoms with E-state index < -0.39 is 0 Å². The molecule has 15 heavy (non-hydrogen) atoms. The fourth-order valence-corrected chi connectivity index (χ4v) is 5.87. The predicted molar refractivity (Wildman–Crippen MR) is 59.5 cm³/mol. The van der Waals surface area contributed by atoms with Crippen LogP contribution in [0.15, 0.2) is 0 Å².